The normalized spacial score (nSPS) is 17.4. The zero-order chi connectivity index (χ0) is 13.2. The van der Waals surface area contributed by atoms with Gasteiger partial charge in [0, 0.05) is 18.0 Å². The van der Waals surface area contributed by atoms with E-state index in [0.29, 0.717) is 5.95 Å². The van der Waals surface area contributed by atoms with Crippen molar-refractivity contribution in [1.82, 2.24) is 9.97 Å². The van der Waals surface area contributed by atoms with E-state index in [9.17, 15) is 0 Å². The van der Waals surface area contributed by atoms with Gasteiger partial charge in [0.05, 0.1) is 5.39 Å². The zero-order valence-corrected chi connectivity index (χ0v) is 12.2. The average molecular weight is 276 g/mol. The van der Waals surface area contributed by atoms with Gasteiger partial charge in [0.2, 0.25) is 5.95 Å². The molecule has 0 saturated carbocycles. The van der Waals surface area contributed by atoms with Gasteiger partial charge in [0.1, 0.15) is 10.6 Å². The Balaban J connectivity index is 2.01. The lowest BCUT2D eigenvalue weighted by molar-refractivity contribution is 0.554. The molecule has 5 heteroatoms. The Hall–Kier alpha value is -1.36. The van der Waals surface area contributed by atoms with Crippen LogP contribution in [-0.2, 0) is 0 Å². The van der Waals surface area contributed by atoms with Crippen molar-refractivity contribution in [3.05, 3.63) is 10.9 Å². The van der Waals surface area contributed by atoms with E-state index in [1.165, 1.54) is 37.0 Å². The van der Waals surface area contributed by atoms with Gasteiger partial charge in [-0.05, 0) is 25.8 Å². The van der Waals surface area contributed by atoms with E-state index in [-0.39, 0.29) is 0 Å². The van der Waals surface area contributed by atoms with Crippen LogP contribution >= 0.6 is 11.3 Å². The highest BCUT2D eigenvalue weighted by molar-refractivity contribution is 7.18. The van der Waals surface area contributed by atoms with Crippen molar-refractivity contribution in [2.24, 2.45) is 0 Å². The Morgan fingerprint density at radius 2 is 1.79 bits per heavy atom. The highest BCUT2D eigenvalue weighted by atomic mass is 32.1. The number of nitrogens with zero attached hydrogens (tertiary/aromatic N) is 3. The first-order chi connectivity index (χ1) is 9.24. The van der Waals surface area contributed by atoms with Gasteiger partial charge < -0.3 is 10.6 Å². The number of rotatable bonds is 1. The molecule has 0 amide bonds. The van der Waals surface area contributed by atoms with Gasteiger partial charge >= 0.3 is 0 Å². The molecule has 1 aliphatic heterocycles. The van der Waals surface area contributed by atoms with Gasteiger partial charge in [-0.3, -0.25) is 0 Å². The van der Waals surface area contributed by atoms with Gasteiger partial charge in [0.15, 0.2) is 0 Å². The Morgan fingerprint density at radius 3 is 2.53 bits per heavy atom. The SMILES string of the molecule is Cc1cc2c(N3CCCCCCC3)nc(N)nc2s1. The smallest absolute Gasteiger partial charge is 0.223 e. The van der Waals surface area contributed by atoms with Crippen molar-refractivity contribution >= 4 is 33.3 Å². The summed E-state index contributed by atoms with van der Waals surface area (Å²) in [6, 6.07) is 2.19. The molecule has 0 radical (unpaired) electrons. The molecular formula is C14H20N4S. The predicted octanol–water partition coefficient (Wildman–Crippen LogP) is 3.35. The minimum absolute atomic E-state index is 0.395. The van der Waals surface area contributed by atoms with Crippen molar-refractivity contribution in [2.75, 3.05) is 23.7 Å². The highest BCUT2D eigenvalue weighted by Gasteiger charge is 2.16. The van der Waals surface area contributed by atoms with E-state index < -0.39 is 0 Å². The predicted molar refractivity (Wildman–Crippen MR) is 81.9 cm³/mol. The second kappa shape index (κ2) is 5.33. The lowest BCUT2D eigenvalue weighted by atomic mass is 10.1. The second-order valence-corrected chi connectivity index (χ2v) is 6.47. The summed E-state index contributed by atoms with van der Waals surface area (Å²) in [6.45, 7) is 4.28. The van der Waals surface area contributed by atoms with Crippen LogP contribution in [-0.4, -0.2) is 23.1 Å². The third-order valence-electron chi connectivity index (χ3n) is 3.67. The molecule has 3 rings (SSSR count). The Morgan fingerprint density at radius 1 is 1.11 bits per heavy atom. The molecule has 0 aromatic carbocycles. The topological polar surface area (TPSA) is 55.0 Å². The van der Waals surface area contributed by atoms with E-state index in [4.69, 9.17) is 5.73 Å². The molecule has 19 heavy (non-hydrogen) atoms. The molecule has 3 heterocycles. The number of nitrogen functional groups attached to an aromatic ring is 1. The van der Waals surface area contributed by atoms with Crippen molar-refractivity contribution in [1.29, 1.82) is 0 Å². The Kier molecular flexibility index (Phi) is 3.55. The summed E-state index contributed by atoms with van der Waals surface area (Å²) < 4.78 is 0. The van der Waals surface area contributed by atoms with Gasteiger partial charge in [-0.25, -0.2) is 4.98 Å². The Bertz CT molecular complexity index is 570. The molecule has 2 aromatic heterocycles. The molecule has 4 nitrogen and oxygen atoms in total. The number of nitrogens with two attached hydrogens (primary N) is 1. The fourth-order valence-electron chi connectivity index (χ4n) is 2.74. The van der Waals surface area contributed by atoms with E-state index in [1.807, 2.05) is 0 Å². The number of thiophene rings is 1. The first kappa shape index (κ1) is 12.7. The van der Waals surface area contributed by atoms with Crippen LogP contribution in [0.25, 0.3) is 10.2 Å². The van der Waals surface area contributed by atoms with E-state index in [1.54, 1.807) is 11.3 Å². The molecule has 1 aliphatic rings. The molecule has 0 bridgehead atoms. The van der Waals surface area contributed by atoms with E-state index in [0.717, 1.165) is 29.1 Å². The third-order valence-corrected chi connectivity index (χ3v) is 4.61. The van der Waals surface area contributed by atoms with Crippen LogP contribution in [0.5, 0.6) is 0 Å². The zero-order valence-electron chi connectivity index (χ0n) is 11.4. The van der Waals surface area contributed by atoms with E-state index in [2.05, 4.69) is 27.9 Å². The van der Waals surface area contributed by atoms with Crippen molar-refractivity contribution in [3.63, 3.8) is 0 Å². The molecule has 1 saturated heterocycles. The molecule has 2 aromatic rings. The van der Waals surface area contributed by atoms with Crippen LogP contribution in [0, 0.1) is 6.92 Å². The molecule has 0 spiro atoms. The molecular weight excluding hydrogens is 256 g/mol. The van der Waals surface area contributed by atoms with Crippen LogP contribution in [0.1, 0.15) is 37.0 Å². The van der Waals surface area contributed by atoms with Crippen LogP contribution in [0.3, 0.4) is 0 Å². The number of hydrogen-bond donors (Lipinski definition) is 1. The average Bonchev–Trinajstić information content (AvgIpc) is 2.68. The fraction of sp³-hybridized carbons (Fsp3) is 0.571. The standard InChI is InChI=1S/C14H20N4S/c1-10-9-11-12(16-14(15)17-13(11)19-10)18-7-5-3-2-4-6-8-18/h9H,2-8H2,1H3,(H2,15,16,17). The third kappa shape index (κ3) is 2.66. The number of fused-ring (bicyclic) bond motifs is 1. The summed E-state index contributed by atoms with van der Waals surface area (Å²) in [5.74, 6) is 1.43. The maximum Gasteiger partial charge on any atom is 0.223 e. The highest BCUT2D eigenvalue weighted by Crippen LogP contribution is 2.32. The minimum atomic E-state index is 0.395. The van der Waals surface area contributed by atoms with Crippen molar-refractivity contribution in [3.8, 4) is 0 Å². The fourth-order valence-corrected chi connectivity index (χ4v) is 3.62. The minimum Gasteiger partial charge on any atom is -0.368 e. The monoisotopic (exact) mass is 276 g/mol. The van der Waals surface area contributed by atoms with Gasteiger partial charge in [-0.2, -0.15) is 4.98 Å². The van der Waals surface area contributed by atoms with E-state index >= 15 is 0 Å². The molecule has 102 valence electrons. The van der Waals surface area contributed by atoms with Crippen LogP contribution in [0.15, 0.2) is 6.07 Å². The summed E-state index contributed by atoms with van der Waals surface area (Å²) in [7, 11) is 0. The van der Waals surface area contributed by atoms with Crippen LogP contribution in [0.4, 0.5) is 11.8 Å². The summed E-state index contributed by atoms with van der Waals surface area (Å²) in [5.41, 5.74) is 5.87. The molecule has 0 atom stereocenters. The van der Waals surface area contributed by atoms with Crippen molar-refractivity contribution < 1.29 is 0 Å². The van der Waals surface area contributed by atoms with Crippen LogP contribution in [0.2, 0.25) is 0 Å². The number of aryl methyl sites for hydroxylation is 1. The quantitative estimate of drug-likeness (QED) is 0.868. The summed E-state index contributed by atoms with van der Waals surface area (Å²) in [5, 5.41) is 1.16. The molecule has 0 unspecified atom stereocenters. The van der Waals surface area contributed by atoms with Gasteiger partial charge in [-0.15, -0.1) is 11.3 Å². The second-order valence-electron chi connectivity index (χ2n) is 5.24. The maximum absolute atomic E-state index is 5.87. The molecule has 0 aliphatic carbocycles. The van der Waals surface area contributed by atoms with Gasteiger partial charge in [-0.1, -0.05) is 19.3 Å². The number of hydrogen-bond acceptors (Lipinski definition) is 5. The van der Waals surface area contributed by atoms with Gasteiger partial charge in [0.25, 0.3) is 0 Å². The largest absolute Gasteiger partial charge is 0.368 e. The summed E-state index contributed by atoms with van der Waals surface area (Å²) in [4.78, 5) is 13.5. The Labute approximate surface area is 117 Å². The van der Waals surface area contributed by atoms with Crippen molar-refractivity contribution in [2.45, 2.75) is 39.0 Å². The lowest BCUT2D eigenvalue weighted by Crippen LogP contribution is -2.28. The summed E-state index contributed by atoms with van der Waals surface area (Å²) in [6.07, 6.45) is 6.50. The summed E-state index contributed by atoms with van der Waals surface area (Å²) >= 11 is 1.70. The first-order valence-corrected chi connectivity index (χ1v) is 7.84. The first-order valence-electron chi connectivity index (χ1n) is 7.02. The van der Waals surface area contributed by atoms with Crippen LogP contribution < -0.4 is 10.6 Å². The lowest BCUT2D eigenvalue weighted by Gasteiger charge is -2.26. The number of aromatic nitrogens is 2. The molecule has 1 fully saturated rings. The molecule has 2 N–H and O–H groups in total. The number of anilines is 2. The maximum atomic E-state index is 5.87.